The molecule has 96 valence electrons. The molecule has 0 spiro atoms. The first kappa shape index (κ1) is 13.7. The molecule has 0 aromatic carbocycles. The fourth-order valence-electron chi connectivity index (χ4n) is 1.62. The van der Waals surface area contributed by atoms with Crippen molar-refractivity contribution in [1.82, 2.24) is 5.32 Å². The highest BCUT2D eigenvalue weighted by Gasteiger charge is 2.27. The van der Waals surface area contributed by atoms with Crippen molar-refractivity contribution in [3.05, 3.63) is 11.6 Å². The first-order chi connectivity index (χ1) is 8.00. The molecule has 1 fully saturated rings. The molecule has 5 heteroatoms. The zero-order valence-electron chi connectivity index (χ0n) is 10.2. The molecule has 1 amide bonds. The van der Waals surface area contributed by atoms with Crippen molar-refractivity contribution >= 4 is 11.9 Å². The Kier molecular flexibility index (Phi) is 5.15. The van der Waals surface area contributed by atoms with Crippen molar-refractivity contribution < 1.29 is 19.4 Å². The average Bonchev–Trinajstić information content (AvgIpc) is 2.76. The number of hydrogen-bond donors (Lipinski definition) is 2. The monoisotopic (exact) mass is 241 g/mol. The second-order valence-electron chi connectivity index (χ2n) is 4.42. The molecule has 1 rings (SSSR count). The Morgan fingerprint density at radius 1 is 1.53 bits per heavy atom. The second kappa shape index (κ2) is 6.39. The summed E-state index contributed by atoms with van der Waals surface area (Å²) in [5, 5.41) is 11.5. The zero-order chi connectivity index (χ0) is 12.8. The van der Waals surface area contributed by atoms with Gasteiger partial charge in [0.05, 0.1) is 0 Å². The van der Waals surface area contributed by atoms with Crippen LogP contribution < -0.4 is 5.32 Å². The van der Waals surface area contributed by atoms with Gasteiger partial charge in [0.25, 0.3) is 0 Å². The topological polar surface area (TPSA) is 75.6 Å². The summed E-state index contributed by atoms with van der Waals surface area (Å²) in [5.74, 6) is -1.34. The smallest absolute Gasteiger partial charge is 0.326 e. The van der Waals surface area contributed by atoms with E-state index in [1.165, 1.54) is 0 Å². The highest BCUT2D eigenvalue weighted by Crippen LogP contribution is 2.12. The van der Waals surface area contributed by atoms with E-state index in [-0.39, 0.29) is 5.91 Å². The summed E-state index contributed by atoms with van der Waals surface area (Å²) in [7, 11) is 0. The Balaban J connectivity index is 2.51. The van der Waals surface area contributed by atoms with Crippen LogP contribution in [0, 0.1) is 0 Å². The zero-order valence-corrected chi connectivity index (χ0v) is 10.2. The highest BCUT2D eigenvalue weighted by atomic mass is 16.5. The van der Waals surface area contributed by atoms with Crippen molar-refractivity contribution in [3.8, 4) is 0 Å². The third-order valence-corrected chi connectivity index (χ3v) is 2.60. The number of carbonyl (C=O) groups excluding carboxylic acids is 1. The third kappa shape index (κ3) is 4.56. The van der Waals surface area contributed by atoms with Gasteiger partial charge in [-0.1, -0.05) is 11.6 Å². The van der Waals surface area contributed by atoms with Crippen LogP contribution in [-0.2, 0) is 14.3 Å². The number of hydrogen-bond acceptors (Lipinski definition) is 3. The Morgan fingerprint density at radius 3 is 2.71 bits per heavy atom. The fourth-order valence-corrected chi connectivity index (χ4v) is 1.62. The molecule has 0 radical (unpaired) electrons. The van der Waals surface area contributed by atoms with Crippen LogP contribution in [0.2, 0.25) is 0 Å². The summed E-state index contributed by atoms with van der Waals surface area (Å²) in [4.78, 5) is 22.7. The number of carboxylic acids is 1. The summed E-state index contributed by atoms with van der Waals surface area (Å²) < 4.78 is 5.20. The van der Waals surface area contributed by atoms with Gasteiger partial charge in [-0.3, -0.25) is 4.79 Å². The summed E-state index contributed by atoms with van der Waals surface area (Å²) in [6.07, 6.45) is 3.14. The fraction of sp³-hybridized carbons (Fsp3) is 0.667. The van der Waals surface area contributed by atoms with E-state index < -0.39 is 18.1 Å². The molecule has 0 unspecified atom stereocenters. The minimum Gasteiger partial charge on any atom is -0.480 e. The first-order valence-electron chi connectivity index (χ1n) is 5.79. The predicted octanol–water partition coefficient (Wildman–Crippen LogP) is 1.09. The van der Waals surface area contributed by atoms with E-state index in [4.69, 9.17) is 9.84 Å². The van der Waals surface area contributed by atoms with E-state index in [9.17, 15) is 9.59 Å². The SMILES string of the molecule is CC(C)=CC[C@@H](NC(=O)[C@H]1CCCO1)C(=O)O. The number of carboxylic acid groups (broad SMARTS) is 1. The maximum absolute atomic E-state index is 11.7. The third-order valence-electron chi connectivity index (χ3n) is 2.60. The number of rotatable bonds is 5. The molecular formula is C12H19NO4. The van der Waals surface area contributed by atoms with E-state index in [2.05, 4.69) is 5.32 Å². The lowest BCUT2D eigenvalue weighted by Crippen LogP contribution is -2.45. The number of allylic oxidation sites excluding steroid dienone is 1. The molecule has 0 bridgehead atoms. The van der Waals surface area contributed by atoms with Crippen molar-refractivity contribution in [2.45, 2.75) is 45.3 Å². The van der Waals surface area contributed by atoms with Crippen LogP contribution in [-0.4, -0.2) is 35.7 Å². The standard InChI is InChI=1S/C12H19NO4/c1-8(2)5-6-9(12(15)16)13-11(14)10-4-3-7-17-10/h5,9-10H,3-4,6-7H2,1-2H3,(H,13,14)(H,15,16)/t9-,10-/m1/s1. The molecule has 17 heavy (non-hydrogen) atoms. The van der Waals surface area contributed by atoms with E-state index in [0.717, 1.165) is 12.0 Å². The van der Waals surface area contributed by atoms with Gasteiger partial charge in [0.1, 0.15) is 12.1 Å². The Labute approximate surface area is 101 Å². The van der Waals surface area contributed by atoms with E-state index in [1.54, 1.807) is 6.08 Å². The molecule has 0 aliphatic carbocycles. The van der Waals surface area contributed by atoms with Gasteiger partial charge in [-0.25, -0.2) is 4.79 Å². The average molecular weight is 241 g/mol. The van der Waals surface area contributed by atoms with E-state index in [1.807, 2.05) is 13.8 Å². The van der Waals surface area contributed by atoms with Crippen molar-refractivity contribution in [2.24, 2.45) is 0 Å². The molecule has 0 aromatic heterocycles. The van der Waals surface area contributed by atoms with Crippen molar-refractivity contribution in [3.63, 3.8) is 0 Å². The number of carbonyl (C=O) groups is 2. The van der Waals surface area contributed by atoms with E-state index >= 15 is 0 Å². The van der Waals surface area contributed by atoms with Crippen LogP contribution in [0.3, 0.4) is 0 Å². The summed E-state index contributed by atoms with van der Waals surface area (Å²) >= 11 is 0. The van der Waals surface area contributed by atoms with Gasteiger partial charge in [-0.2, -0.15) is 0 Å². The summed E-state index contributed by atoms with van der Waals surface area (Å²) in [6, 6.07) is -0.874. The van der Waals surface area contributed by atoms with Crippen LogP contribution in [0.1, 0.15) is 33.1 Å². The van der Waals surface area contributed by atoms with Gasteiger partial charge in [0.2, 0.25) is 5.91 Å². The Hall–Kier alpha value is -1.36. The number of aliphatic carboxylic acids is 1. The lowest BCUT2D eigenvalue weighted by Gasteiger charge is -2.15. The predicted molar refractivity (Wildman–Crippen MR) is 62.6 cm³/mol. The molecule has 1 aliphatic rings. The molecular weight excluding hydrogens is 222 g/mol. The van der Waals surface area contributed by atoms with Gasteiger partial charge >= 0.3 is 5.97 Å². The van der Waals surface area contributed by atoms with Crippen molar-refractivity contribution in [1.29, 1.82) is 0 Å². The van der Waals surface area contributed by atoms with Crippen molar-refractivity contribution in [2.75, 3.05) is 6.61 Å². The minimum atomic E-state index is -1.02. The normalized spacial score (nSPS) is 20.7. The summed E-state index contributed by atoms with van der Waals surface area (Å²) in [6.45, 7) is 4.35. The van der Waals surface area contributed by atoms with Crippen LogP contribution in [0.25, 0.3) is 0 Å². The lowest BCUT2D eigenvalue weighted by molar-refractivity contribution is -0.143. The molecule has 1 heterocycles. The molecule has 2 atom stereocenters. The highest BCUT2D eigenvalue weighted by molar-refractivity contribution is 5.86. The Morgan fingerprint density at radius 2 is 2.24 bits per heavy atom. The maximum atomic E-state index is 11.7. The van der Waals surface area contributed by atoms with E-state index in [0.29, 0.717) is 19.4 Å². The molecule has 5 nitrogen and oxygen atoms in total. The number of amides is 1. The lowest BCUT2D eigenvalue weighted by atomic mass is 10.1. The van der Waals surface area contributed by atoms with Crippen LogP contribution in [0.4, 0.5) is 0 Å². The van der Waals surface area contributed by atoms with Crippen LogP contribution >= 0.6 is 0 Å². The van der Waals surface area contributed by atoms with Gasteiger partial charge in [-0.15, -0.1) is 0 Å². The Bertz CT molecular complexity index is 314. The number of ether oxygens (including phenoxy) is 1. The largest absolute Gasteiger partial charge is 0.480 e. The van der Waals surface area contributed by atoms with Gasteiger partial charge < -0.3 is 15.2 Å². The van der Waals surface area contributed by atoms with Gasteiger partial charge in [0, 0.05) is 6.61 Å². The molecule has 0 saturated carbocycles. The first-order valence-corrected chi connectivity index (χ1v) is 5.79. The maximum Gasteiger partial charge on any atom is 0.326 e. The van der Waals surface area contributed by atoms with Gasteiger partial charge in [-0.05, 0) is 33.1 Å². The quantitative estimate of drug-likeness (QED) is 0.706. The van der Waals surface area contributed by atoms with Crippen LogP contribution in [0.5, 0.6) is 0 Å². The number of nitrogens with one attached hydrogen (secondary N) is 1. The molecule has 1 saturated heterocycles. The van der Waals surface area contributed by atoms with Crippen LogP contribution in [0.15, 0.2) is 11.6 Å². The van der Waals surface area contributed by atoms with Gasteiger partial charge in [0.15, 0.2) is 0 Å². The second-order valence-corrected chi connectivity index (χ2v) is 4.42. The minimum absolute atomic E-state index is 0.302. The molecule has 0 aromatic rings. The molecule has 2 N–H and O–H groups in total. The summed E-state index contributed by atoms with van der Waals surface area (Å²) in [5.41, 5.74) is 1.03. The molecule has 1 aliphatic heterocycles.